The van der Waals surface area contributed by atoms with Gasteiger partial charge in [-0.1, -0.05) is 82.7 Å². The molecule has 1 aromatic heterocycles. The number of carbonyl (C=O) groups excluding carboxylic acids is 1. The van der Waals surface area contributed by atoms with Crippen LogP contribution in [-0.2, 0) is 0 Å². The van der Waals surface area contributed by atoms with Crippen LogP contribution in [0.1, 0.15) is 16.1 Å². The van der Waals surface area contributed by atoms with Crippen LogP contribution in [0.4, 0.5) is 0 Å². The second kappa shape index (κ2) is 8.71. The molecular formula is C24H18BrN3O. The number of benzene rings is 3. The van der Waals surface area contributed by atoms with Gasteiger partial charge in [0.2, 0.25) is 0 Å². The lowest BCUT2D eigenvalue weighted by Gasteiger charge is -2.04. The SMILES string of the molecule is O=C(N/N=C/C=C/c1ccccc1)c1[nH]c2ccc(Br)cc2c1-c1ccccc1. The minimum absolute atomic E-state index is 0.291. The van der Waals surface area contributed by atoms with E-state index in [4.69, 9.17) is 0 Å². The van der Waals surface area contributed by atoms with E-state index in [2.05, 4.69) is 31.4 Å². The first-order valence-corrected chi connectivity index (χ1v) is 9.93. The standard InChI is InChI=1S/C24H18BrN3O/c25-19-13-14-21-20(16-19)22(18-11-5-2-6-12-18)23(27-21)24(29)28-26-15-7-10-17-8-3-1-4-9-17/h1-16,27H,(H,28,29)/b10-7+,26-15+. The van der Waals surface area contributed by atoms with Crippen LogP contribution < -0.4 is 5.43 Å². The van der Waals surface area contributed by atoms with Gasteiger partial charge in [0.05, 0.1) is 0 Å². The van der Waals surface area contributed by atoms with Crippen LogP contribution in [0.3, 0.4) is 0 Å². The van der Waals surface area contributed by atoms with Crippen molar-refractivity contribution in [2.75, 3.05) is 0 Å². The van der Waals surface area contributed by atoms with Gasteiger partial charge in [-0.2, -0.15) is 5.10 Å². The number of aromatic amines is 1. The maximum Gasteiger partial charge on any atom is 0.288 e. The Morgan fingerprint density at radius 1 is 0.966 bits per heavy atom. The van der Waals surface area contributed by atoms with Crippen LogP contribution in [0, 0.1) is 0 Å². The normalized spacial score (nSPS) is 11.5. The minimum Gasteiger partial charge on any atom is -0.350 e. The lowest BCUT2D eigenvalue weighted by atomic mass is 10.0. The number of hydrogen-bond acceptors (Lipinski definition) is 2. The van der Waals surface area contributed by atoms with Crippen molar-refractivity contribution < 1.29 is 4.79 Å². The predicted molar refractivity (Wildman–Crippen MR) is 123 cm³/mol. The van der Waals surface area contributed by atoms with E-state index in [9.17, 15) is 4.79 Å². The fourth-order valence-electron chi connectivity index (χ4n) is 3.15. The summed E-state index contributed by atoms with van der Waals surface area (Å²) in [6.45, 7) is 0. The Bertz CT molecular complexity index is 1200. The van der Waals surface area contributed by atoms with E-state index in [1.807, 2.05) is 84.9 Å². The third-order valence-electron chi connectivity index (χ3n) is 4.47. The first kappa shape index (κ1) is 18.9. The Kier molecular flexibility index (Phi) is 5.68. The van der Waals surface area contributed by atoms with Crippen molar-refractivity contribution in [3.05, 3.63) is 101 Å². The zero-order valence-electron chi connectivity index (χ0n) is 15.5. The van der Waals surface area contributed by atoms with Crippen LogP contribution >= 0.6 is 15.9 Å². The number of hydrazone groups is 1. The maximum atomic E-state index is 12.8. The third kappa shape index (κ3) is 4.36. The summed E-state index contributed by atoms with van der Waals surface area (Å²) in [4.78, 5) is 16.1. The first-order chi connectivity index (χ1) is 14.2. The molecule has 4 rings (SSSR count). The van der Waals surface area contributed by atoms with Crippen LogP contribution in [0.25, 0.3) is 28.1 Å². The second-order valence-electron chi connectivity index (χ2n) is 6.42. The van der Waals surface area contributed by atoms with Gasteiger partial charge in [0.1, 0.15) is 5.69 Å². The number of nitrogens with zero attached hydrogens (tertiary/aromatic N) is 1. The number of hydrogen-bond donors (Lipinski definition) is 2. The number of halogens is 1. The molecule has 1 amide bonds. The molecular weight excluding hydrogens is 426 g/mol. The molecule has 29 heavy (non-hydrogen) atoms. The maximum absolute atomic E-state index is 12.8. The molecule has 0 fully saturated rings. The highest BCUT2D eigenvalue weighted by molar-refractivity contribution is 9.10. The van der Waals surface area contributed by atoms with Gasteiger partial charge in [-0.05, 0) is 35.4 Å². The molecule has 0 aliphatic carbocycles. The molecule has 3 aromatic carbocycles. The van der Waals surface area contributed by atoms with Crippen molar-refractivity contribution in [2.24, 2.45) is 5.10 Å². The lowest BCUT2D eigenvalue weighted by Crippen LogP contribution is -2.18. The van der Waals surface area contributed by atoms with Crippen molar-refractivity contribution in [1.29, 1.82) is 0 Å². The summed E-state index contributed by atoms with van der Waals surface area (Å²) in [6.07, 6.45) is 5.27. The fourth-order valence-corrected chi connectivity index (χ4v) is 3.51. The molecule has 0 saturated carbocycles. The number of fused-ring (bicyclic) bond motifs is 1. The highest BCUT2D eigenvalue weighted by Crippen LogP contribution is 2.34. The Hall–Kier alpha value is -3.44. The van der Waals surface area contributed by atoms with E-state index in [-0.39, 0.29) is 5.91 Å². The van der Waals surface area contributed by atoms with Crippen molar-refractivity contribution in [3.8, 4) is 11.1 Å². The van der Waals surface area contributed by atoms with E-state index in [1.165, 1.54) is 0 Å². The van der Waals surface area contributed by atoms with Gasteiger partial charge >= 0.3 is 0 Å². The van der Waals surface area contributed by atoms with Crippen molar-refractivity contribution >= 4 is 45.0 Å². The Morgan fingerprint density at radius 2 is 1.69 bits per heavy atom. The summed E-state index contributed by atoms with van der Waals surface area (Å²) in [6, 6.07) is 25.7. The molecule has 0 aliphatic rings. The molecule has 1 heterocycles. The average Bonchev–Trinajstić information content (AvgIpc) is 3.13. The molecule has 0 bridgehead atoms. The average molecular weight is 444 g/mol. The van der Waals surface area contributed by atoms with Gasteiger partial charge in [0.25, 0.3) is 5.91 Å². The molecule has 142 valence electrons. The fraction of sp³-hybridized carbons (Fsp3) is 0. The quantitative estimate of drug-likeness (QED) is 0.287. The first-order valence-electron chi connectivity index (χ1n) is 9.14. The molecule has 4 aromatic rings. The van der Waals surface area contributed by atoms with Crippen LogP contribution in [0.5, 0.6) is 0 Å². The van der Waals surface area contributed by atoms with Gasteiger partial charge < -0.3 is 4.98 Å². The third-order valence-corrected chi connectivity index (χ3v) is 4.96. The number of rotatable bonds is 5. The number of nitrogens with one attached hydrogen (secondary N) is 2. The predicted octanol–water partition coefficient (Wildman–Crippen LogP) is 6.03. The number of aromatic nitrogens is 1. The van der Waals surface area contributed by atoms with Crippen LogP contribution in [-0.4, -0.2) is 17.1 Å². The van der Waals surface area contributed by atoms with Crippen LogP contribution in [0.15, 0.2) is 94.5 Å². The molecule has 0 saturated heterocycles. The minimum atomic E-state index is -0.291. The molecule has 0 atom stereocenters. The molecule has 0 radical (unpaired) electrons. The summed E-state index contributed by atoms with van der Waals surface area (Å²) >= 11 is 3.52. The number of H-pyrrole nitrogens is 1. The Labute approximate surface area is 177 Å². The highest BCUT2D eigenvalue weighted by Gasteiger charge is 2.19. The monoisotopic (exact) mass is 443 g/mol. The van der Waals surface area contributed by atoms with Crippen molar-refractivity contribution in [1.82, 2.24) is 10.4 Å². The zero-order chi connectivity index (χ0) is 20.1. The molecule has 4 nitrogen and oxygen atoms in total. The number of carbonyl (C=O) groups is 1. The molecule has 2 N–H and O–H groups in total. The Morgan fingerprint density at radius 3 is 2.45 bits per heavy atom. The molecule has 5 heteroatoms. The summed E-state index contributed by atoms with van der Waals surface area (Å²) in [7, 11) is 0. The van der Waals surface area contributed by atoms with E-state index < -0.39 is 0 Å². The zero-order valence-corrected chi connectivity index (χ0v) is 17.1. The molecule has 0 aliphatic heterocycles. The van der Waals surface area contributed by atoms with Gasteiger partial charge in [0, 0.05) is 27.2 Å². The summed E-state index contributed by atoms with van der Waals surface area (Å²) in [5, 5.41) is 5.02. The second-order valence-corrected chi connectivity index (χ2v) is 7.34. The van der Waals surface area contributed by atoms with Gasteiger partial charge in [0.15, 0.2) is 0 Å². The number of amides is 1. The smallest absolute Gasteiger partial charge is 0.288 e. The van der Waals surface area contributed by atoms with Gasteiger partial charge in [-0.25, -0.2) is 5.43 Å². The summed E-state index contributed by atoms with van der Waals surface area (Å²) in [5.74, 6) is -0.291. The topological polar surface area (TPSA) is 57.2 Å². The molecule has 0 spiro atoms. The largest absolute Gasteiger partial charge is 0.350 e. The van der Waals surface area contributed by atoms with Crippen LogP contribution in [0.2, 0.25) is 0 Å². The summed E-state index contributed by atoms with van der Waals surface area (Å²) in [5.41, 5.74) is 6.87. The van der Waals surface area contributed by atoms with E-state index in [1.54, 1.807) is 12.3 Å². The summed E-state index contributed by atoms with van der Waals surface area (Å²) < 4.78 is 0.956. The van der Waals surface area contributed by atoms with E-state index in [0.29, 0.717) is 5.69 Å². The Balaban J connectivity index is 1.60. The molecule has 0 unspecified atom stereocenters. The van der Waals surface area contributed by atoms with Crippen molar-refractivity contribution in [2.45, 2.75) is 0 Å². The van der Waals surface area contributed by atoms with Crippen molar-refractivity contribution in [3.63, 3.8) is 0 Å². The number of allylic oxidation sites excluding steroid dienone is 1. The van der Waals surface area contributed by atoms with Gasteiger partial charge in [-0.15, -0.1) is 0 Å². The van der Waals surface area contributed by atoms with E-state index >= 15 is 0 Å². The highest BCUT2D eigenvalue weighted by atomic mass is 79.9. The van der Waals surface area contributed by atoms with E-state index in [0.717, 1.165) is 32.1 Å². The lowest BCUT2D eigenvalue weighted by molar-refractivity contribution is 0.0951. The van der Waals surface area contributed by atoms with Gasteiger partial charge in [-0.3, -0.25) is 4.79 Å².